The molecule has 0 heterocycles. The predicted octanol–water partition coefficient (Wildman–Crippen LogP) is 0.917. The molecule has 0 saturated carbocycles. The van der Waals surface area contributed by atoms with E-state index in [1.807, 2.05) is 0 Å². The van der Waals surface area contributed by atoms with Crippen molar-refractivity contribution in [2.45, 2.75) is 20.3 Å². The fourth-order valence-electron chi connectivity index (χ4n) is 0.526. The van der Waals surface area contributed by atoms with Crippen LogP contribution >= 0.6 is 0 Å². The molecule has 0 saturated heterocycles. The Bertz CT molecular complexity index is 250. The number of carbonyl (C=O) groups excluding carboxylic acids is 1. The molecule has 0 unspecified atom stereocenters. The van der Waals surface area contributed by atoms with Gasteiger partial charge in [-0.15, -0.1) is 0 Å². The Kier molecular flexibility index (Phi) is 5.27. The fraction of sp³-hybridized carbons (Fsp3) is 0.333. The zero-order valence-corrected chi connectivity index (χ0v) is 8.00. The van der Waals surface area contributed by atoms with Crippen LogP contribution in [0.2, 0.25) is 0 Å². The van der Waals surface area contributed by atoms with Crippen molar-refractivity contribution >= 4 is 12.1 Å². The van der Waals surface area contributed by atoms with Gasteiger partial charge in [-0.2, -0.15) is 0 Å². The first-order chi connectivity index (χ1) is 6.06. The summed E-state index contributed by atoms with van der Waals surface area (Å²) in [5.41, 5.74) is 6.01. The molecule has 0 aromatic heterocycles. The summed E-state index contributed by atoms with van der Waals surface area (Å²) in [6.45, 7) is 7.05. The normalized spacial score (nSPS) is 11.7. The average molecular weight is 181 g/mol. The lowest BCUT2D eigenvalue weighted by molar-refractivity contribution is -0.120. The third-order valence-electron chi connectivity index (χ3n) is 1.17. The third kappa shape index (κ3) is 6.80. The molecule has 0 aromatic rings. The Morgan fingerprint density at radius 3 is 2.77 bits per heavy atom. The Hall–Kier alpha value is -1.58. The van der Waals surface area contributed by atoms with Crippen molar-refractivity contribution < 1.29 is 4.79 Å². The highest BCUT2D eigenvalue weighted by molar-refractivity contribution is 5.78. The van der Waals surface area contributed by atoms with Crippen LogP contribution in [0.25, 0.3) is 0 Å². The highest BCUT2D eigenvalue weighted by atomic mass is 16.1. The lowest BCUT2D eigenvalue weighted by Gasteiger charge is -1.99. The fourth-order valence-corrected chi connectivity index (χ4v) is 0.526. The van der Waals surface area contributed by atoms with E-state index in [1.54, 1.807) is 19.9 Å². The number of allylic oxidation sites excluding steroid dienone is 2. The number of aliphatic imine (C=N–C) groups is 1. The quantitative estimate of drug-likeness (QED) is 0.633. The molecule has 4 nitrogen and oxygen atoms in total. The number of nitrogens with zero attached hydrogens (tertiary/aromatic N) is 1. The van der Waals surface area contributed by atoms with E-state index in [4.69, 9.17) is 5.73 Å². The molecule has 0 aliphatic heterocycles. The van der Waals surface area contributed by atoms with Gasteiger partial charge in [0, 0.05) is 18.3 Å². The SMILES string of the molecule is C=C(/N=C\C=C(\C)N)NC(=O)CC. The number of carbonyl (C=O) groups is 1. The first-order valence-electron chi connectivity index (χ1n) is 4.01. The van der Waals surface area contributed by atoms with Crippen molar-refractivity contribution in [1.29, 1.82) is 0 Å². The molecular formula is C9H15N3O. The standard InChI is InChI=1S/C9H15N3O/c1-4-9(13)12-8(3)11-6-5-7(2)10/h5-6H,3-4,10H2,1-2H3,(H,12,13)/b7-5-,11-6-. The predicted molar refractivity (Wildman–Crippen MR) is 54.0 cm³/mol. The Morgan fingerprint density at radius 1 is 1.69 bits per heavy atom. The van der Waals surface area contributed by atoms with Crippen molar-refractivity contribution in [2.24, 2.45) is 10.7 Å². The maximum absolute atomic E-state index is 10.8. The lowest BCUT2D eigenvalue weighted by Crippen LogP contribution is -2.19. The number of rotatable bonds is 4. The molecule has 0 spiro atoms. The summed E-state index contributed by atoms with van der Waals surface area (Å²) in [5.74, 6) is 0.222. The van der Waals surface area contributed by atoms with Gasteiger partial charge in [0.15, 0.2) is 0 Å². The van der Waals surface area contributed by atoms with Gasteiger partial charge in [0.2, 0.25) is 5.91 Å². The molecule has 0 aliphatic rings. The second kappa shape index (κ2) is 5.99. The van der Waals surface area contributed by atoms with Crippen LogP contribution in [0.3, 0.4) is 0 Å². The molecule has 13 heavy (non-hydrogen) atoms. The van der Waals surface area contributed by atoms with Crippen LogP contribution in [0.15, 0.2) is 29.2 Å². The monoisotopic (exact) mass is 181 g/mol. The molecule has 0 fully saturated rings. The van der Waals surface area contributed by atoms with Gasteiger partial charge in [-0.3, -0.25) is 4.79 Å². The lowest BCUT2D eigenvalue weighted by atomic mass is 10.4. The van der Waals surface area contributed by atoms with Gasteiger partial charge in [0.1, 0.15) is 5.82 Å². The molecule has 0 atom stereocenters. The highest BCUT2D eigenvalue weighted by Gasteiger charge is 1.95. The van der Waals surface area contributed by atoms with Crippen LogP contribution < -0.4 is 11.1 Å². The second-order valence-corrected chi connectivity index (χ2v) is 2.54. The molecular weight excluding hydrogens is 166 g/mol. The third-order valence-corrected chi connectivity index (χ3v) is 1.17. The Labute approximate surface area is 78.2 Å². The van der Waals surface area contributed by atoms with Crippen LogP contribution in [0, 0.1) is 0 Å². The molecule has 1 amide bonds. The number of nitrogens with two attached hydrogens (primary N) is 1. The Morgan fingerprint density at radius 2 is 2.31 bits per heavy atom. The molecule has 0 rings (SSSR count). The first-order valence-corrected chi connectivity index (χ1v) is 4.01. The maximum Gasteiger partial charge on any atom is 0.225 e. The summed E-state index contributed by atoms with van der Waals surface area (Å²) in [6.07, 6.45) is 3.54. The molecule has 3 N–H and O–H groups in total. The van der Waals surface area contributed by atoms with E-state index in [0.29, 0.717) is 17.9 Å². The second-order valence-electron chi connectivity index (χ2n) is 2.54. The zero-order chi connectivity index (χ0) is 10.3. The molecule has 0 radical (unpaired) electrons. The summed E-state index contributed by atoms with van der Waals surface area (Å²) in [6, 6.07) is 0. The van der Waals surface area contributed by atoms with Crippen molar-refractivity contribution in [2.75, 3.05) is 0 Å². The van der Waals surface area contributed by atoms with Crippen LogP contribution in [-0.2, 0) is 4.79 Å². The minimum Gasteiger partial charge on any atom is -0.402 e. The Balaban J connectivity index is 3.95. The van der Waals surface area contributed by atoms with Gasteiger partial charge in [-0.1, -0.05) is 13.5 Å². The molecule has 0 aliphatic carbocycles. The molecule has 4 heteroatoms. The smallest absolute Gasteiger partial charge is 0.225 e. The number of amides is 1. The van der Waals surface area contributed by atoms with Gasteiger partial charge in [0.05, 0.1) is 0 Å². The van der Waals surface area contributed by atoms with Crippen LogP contribution in [0.4, 0.5) is 0 Å². The minimum absolute atomic E-state index is 0.101. The van der Waals surface area contributed by atoms with Crippen LogP contribution in [0.1, 0.15) is 20.3 Å². The number of hydrogen-bond donors (Lipinski definition) is 2. The van der Waals surface area contributed by atoms with Crippen molar-refractivity contribution in [3.63, 3.8) is 0 Å². The van der Waals surface area contributed by atoms with E-state index < -0.39 is 0 Å². The minimum atomic E-state index is -0.101. The van der Waals surface area contributed by atoms with Gasteiger partial charge in [-0.05, 0) is 13.0 Å². The van der Waals surface area contributed by atoms with E-state index in [9.17, 15) is 4.79 Å². The number of hydrogen-bond acceptors (Lipinski definition) is 3. The average Bonchev–Trinajstić information content (AvgIpc) is 2.03. The topological polar surface area (TPSA) is 67.5 Å². The summed E-state index contributed by atoms with van der Waals surface area (Å²) >= 11 is 0. The van der Waals surface area contributed by atoms with Crippen LogP contribution in [0.5, 0.6) is 0 Å². The van der Waals surface area contributed by atoms with Gasteiger partial charge >= 0.3 is 0 Å². The first kappa shape index (κ1) is 11.4. The maximum atomic E-state index is 10.8. The van der Waals surface area contributed by atoms with E-state index in [1.165, 1.54) is 6.21 Å². The van der Waals surface area contributed by atoms with Crippen molar-refractivity contribution in [1.82, 2.24) is 5.32 Å². The summed E-state index contributed by atoms with van der Waals surface area (Å²) < 4.78 is 0. The van der Waals surface area contributed by atoms with Gasteiger partial charge in [-0.25, -0.2) is 4.99 Å². The van der Waals surface area contributed by atoms with Gasteiger partial charge in [0.25, 0.3) is 0 Å². The van der Waals surface area contributed by atoms with Crippen molar-refractivity contribution in [3.8, 4) is 0 Å². The van der Waals surface area contributed by atoms with Crippen molar-refractivity contribution in [3.05, 3.63) is 24.2 Å². The zero-order valence-electron chi connectivity index (χ0n) is 8.00. The van der Waals surface area contributed by atoms with E-state index >= 15 is 0 Å². The number of nitrogens with one attached hydrogen (secondary N) is 1. The summed E-state index contributed by atoms with van der Waals surface area (Å²) in [7, 11) is 0. The largest absolute Gasteiger partial charge is 0.402 e. The van der Waals surface area contributed by atoms with E-state index in [0.717, 1.165) is 0 Å². The van der Waals surface area contributed by atoms with E-state index in [-0.39, 0.29) is 5.91 Å². The van der Waals surface area contributed by atoms with Gasteiger partial charge < -0.3 is 11.1 Å². The van der Waals surface area contributed by atoms with Crippen LogP contribution in [-0.4, -0.2) is 12.1 Å². The molecule has 0 aromatic carbocycles. The summed E-state index contributed by atoms with van der Waals surface area (Å²) in [4.78, 5) is 14.7. The summed E-state index contributed by atoms with van der Waals surface area (Å²) in [5, 5.41) is 2.50. The highest BCUT2D eigenvalue weighted by Crippen LogP contribution is 1.87. The van der Waals surface area contributed by atoms with E-state index in [2.05, 4.69) is 16.9 Å². The molecule has 0 bridgehead atoms. The molecule has 72 valence electrons.